The second-order valence-electron chi connectivity index (χ2n) is 6.01. The number of aryl methyl sites for hydroxylation is 1. The first kappa shape index (κ1) is 15.3. The minimum Gasteiger partial charge on any atom is -0.504 e. The summed E-state index contributed by atoms with van der Waals surface area (Å²) in [5.74, 6) is 1.20. The number of nitrogens with zero attached hydrogens (tertiary/aromatic N) is 2. The zero-order chi connectivity index (χ0) is 17.4. The Labute approximate surface area is 145 Å². The maximum Gasteiger partial charge on any atom is 0.171 e. The molecule has 1 N–H and O–H groups in total. The smallest absolute Gasteiger partial charge is 0.171 e. The first-order valence-corrected chi connectivity index (χ1v) is 8.15. The Balaban J connectivity index is 1.77. The average Bonchev–Trinajstić information content (AvgIpc) is 2.91. The summed E-state index contributed by atoms with van der Waals surface area (Å²) in [7, 11) is 0. The molecule has 4 heteroatoms. The lowest BCUT2D eigenvalue weighted by atomic mass is 10.1. The monoisotopic (exact) mass is 330 g/mol. The molecule has 1 aromatic heterocycles. The SMILES string of the molecule is Cc1nn(-c2ccc3ccccc3c2)c(C)c1Oc1ccccc1O. The van der Waals surface area contributed by atoms with Gasteiger partial charge in [-0.15, -0.1) is 0 Å². The number of phenols is 1. The molecule has 0 bridgehead atoms. The van der Waals surface area contributed by atoms with Gasteiger partial charge in [0.25, 0.3) is 0 Å². The van der Waals surface area contributed by atoms with Gasteiger partial charge < -0.3 is 9.84 Å². The molecule has 0 fully saturated rings. The van der Waals surface area contributed by atoms with E-state index in [0.717, 1.165) is 22.5 Å². The molecule has 4 aromatic rings. The fraction of sp³-hybridized carbons (Fsp3) is 0.0952. The van der Waals surface area contributed by atoms with Crippen LogP contribution >= 0.6 is 0 Å². The summed E-state index contributed by atoms with van der Waals surface area (Å²) in [5, 5.41) is 16.9. The molecule has 4 rings (SSSR count). The maximum absolute atomic E-state index is 9.94. The lowest BCUT2D eigenvalue weighted by Gasteiger charge is -2.09. The molecule has 1 heterocycles. The summed E-state index contributed by atoms with van der Waals surface area (Å²) in [4.78, 5) is 0. The zero-order valence-electron chi connectivity index (χ0n) is 14.1. The third-order valence-corrected chi connectivity index (χ3v) is 4.28. The Morgan fingerprint density at radius 2 is 1.60 bits per heavy atom. The van der Waals surface area contributed by atoms with Crippen molar-refractivity contribution in [1.82, 2.24) is 9.78 Å². The topological polar surface area (TPSA) is 47.3 Å². The summed E-state index contributed by atoms with van der Waals surface area (Å²) in [5.41, 5.74) is 2.64. The van der Waals surface area contributed by atoms with Crippen LogP contribution in [0.5, 0.6) is 17.2 Å². The van der Waals surface area contributed by atoms with Gasteiger partial charge in [-0.3, -0.25) is 0 Å². The van der Waals surface area contributed by atoms with Gasteiger partial charge in [-0.2, -0.15) is 5.10 Å². The molecule has 4 nitrogen and oxygen atoms in total. The van der Waals surface area contributed by atoms with Crippen molar-refractivity contribution in [3.05, 3.63) is 78.1 Å². The molecule has 0 saturated carbocycles. The zero-order valence-corrected chi connectivity index (χ0v) is 14.1. The molecule has 0 spiro atoms. The molecule has 0 saturated heterocycles. The Morgan fingerprint density at radius 3 is 2.40 bits per heavy atom. The molecule has 0 aliphatic heterocycles. The van der Waals surface area contributed by atoms with Crippen LogP contribution in [0.3, 0.4) is 0 Å². The van der Waals surface area contributed by atoms with E-state index in [1.807, 2.05) is 42.8 Å². The van der Waals surface area contributed by atoms with Gasteiger partial charge >= 0.3 is 0 Å². The van der Waals surface area contributed by atoms with Gasteiger partial charge in [0.1, 0.15) is 5.69 Å². The number of hydrogen-bond acceptors (Lipinski definition) is 3. The van der Waals surface area contributed by atoms with Gasteiger partial charge in [-0.05, 0) is 48.9 Å². The molecular weight excluding hydrogens is 312 g/mol. The van der Waals surface area contributed by atoms with Gasteiger partial charge in [0.2, 0.25) is 0 Å². The Bertz CT molecular complexity index is 1070. The highest BCUT2D eigenvalue weighted by atomic mass is 16.5. The summed E-state index contributed by atoms with van der Waals surface area (Å²) >= 11 is 0. The minimum absolute atomic E-state index is 0.111. The van der Waals surface area contributed by atoms with Crippen LogP contribution in [0, 0.1) is 13.8 Å². The molecule has 25 heavy (non-hydrogen) atoms. The van der Waals surface area contributed by atoms with Crippen molar-refractivity contribution in [2.75, 3.05) is 0 Å². The van der Waals surface area contributed by atoms with E-state index < -0.39 is 0 Å². The molecule has 0 amide bonds. The lowest BCUT2D eigenvalue weighted by molar-refractivity contribution is 0.408. The normalized spacial score (nSPS) is 11.0. The van der Waals surface area contributed by atoms with Crippen molar-refractivity contribution in [3.8, 4) is 22.9 Å². The van der Waals surface area contributed by atoms with Gasteiger partial charge in [0.05, 0.1) is 11.4 Å². The molecule has 0 radical (unpaired) electrons. The number of aromatic hydroxyl groups is 1. The number of benzene rings is 3. The van der Waals surface area contributed by atoms with Crippen LogP contribution in [-0.2, 0) is 0 Å². The van der Waals surface area contributed by atoms with Crippen LogP contribution in [0.1, 0.15) is 11.4 Å². The lowest BCUT2D eigenvalue weighted by Crippen LogP contribution is -1.99. The van der Waals surface area contributed by atoms with E-state index in [1.165, 1.54) is 5.39 Å². The van der Waals surface area contributed by atoms with Crippen molar-refractivity contribution >= 4 is 10.8 Å². The first-order chi connectivity index (χ1) is 12.1. The van der Waals surface area contributed by atoms with E-state index >= 15 is 0 Å². The average molecular weight is 330 g/mol. The highest BCUT2D eigenvalue weighted by Crippen LogP contribution is 2.34. The Hall–Kier alpha value is -3.27. The molecule has 0 atom stereocenters. The third kappa shape index (κ3) is 2.72. The standard InChI is InChI=1S/C21H18N2O2/c1-14-21(25-20-10-6-5-9-19(20)24)15(2)23(22-14)18-12-11-16-7-3-4-8-17(16)13-18/h3-13,24H,1-2H3. The number of rotatable bonds is 3. The van der Waals surface area contributed by atoms with Gasteiger partial charge in [0.15, 0.2) is 17.2 Å². The van der Waals surface area contributed by atoms with Crippen LogP contribution < -0.4 is 4.74 Å². The van der Waals surface area contributed by atoms with Crippen LogP contribution in [0.2, 0.25) is 0 Å². The number of phenolic OH excluding ortho intramolecular Hbond substituents is 1. The fourth-order valence-electron chi connectivity index (χ4n) is 2.99. The summed E-state index contributed by atoms with van der Waals surface area (Å²) < 4.78 is 7.80. The third-order valence-electron chi connectivity index (χ3n) is 4.28. The Kier molecular flexibility index (Phi) is 3.65. The molecule has 0 aliphatic carbocycles. The molecule has 0 aliphatic rings. The number of hydrogen-bond donors (Lipinski definition) is 1. The number of fused-ring (bicyclic) bond motifs is 1. The largest absolute Gasteiger partial charge is 0.504 e. The van der Waals surface area contributed by atoms with Gasteiger partial charge in [-0.25, -0.2) is 4.68 Å². The highest BCUT2D eigenvalue weighted by molar-refractivity contribution is 5.84. The van der Waals surface area contributed by atoms with E-state index in [2.05, 4.69) is 29.4 Å². The highest BCUT2D eigenvalue weighted by Gasteiger charge is 2.16. The van der Waals surface area contributed by atoms with Crippen molar-refractivity contribution in [1.29, 1.82) is 0 Å². The summed E-state index contributed by atoms with van der Waals surface area (Å²) in [6, 6.07) is 21.4. The quantitative estimate of drug-likeness (QED) is 0.566. The second kappa shape index (κ2) is 5.98. The minimum atomic E-state index is 0.111. The van der Waals surface area contributed by atoms with E-state index in [1.54, 1.807) is 18.2 Å². The van der Waals surface area contributed by atoms with Gasteiger partial charge in [-0.1, -0.05) is 42.5 Å². The predicted octanol–water partition coefficient (Wildman–Crippen LogP) is 5.14. The first-order valence-electron chi connectivity index (χ1n) is 8.15. The summed E-state index contributed by atoms with van der Waals surface area (Å²) in [6.45, 7) is 3.87. The summed E-state index contributed by atoms with van der Waals surface area (Å²) in [6.07, 6.45) is 0. The second-order valence-corrected chi connectivity index (χ2v) is 6.01. The fourth-order valence-corrected chi connectivity index (χ4v) is 2.99. The number of ether oxygens (including phenoxy) is 1. The maximum atomic E-state index is 9.94. The van der Waals surface area contributed by atoms with E-state index in [-0.39, 0.29) is 5.75 Å². The van der Waals surface area contributed by atoms with Crippen LogP contribution in [-0.4, -0.2) is 14.9 Å². The predicted molar refractivity (Wildman–Crippen MR) is 98.7 cm³/mol. The molecule has 3 aromatic carbocycles. The van der Waals surface area contributed by atoms with E-state index in [4.69, 9.17) is 4.74 Å². The van der Waals surface area contributed by atoms with E-state index in [9.17, 15) is 5.11 Å². The Morgan fingerprint density at radius 1 is 0.880 bits per heavy atom. The van der Waals surface area contributed by atoms with Crippen LogP contribution in [0.15, 0.2) is 66.7 Å². The van der Waals surface area contributed by atoms with Crippen molar-refractivity contribution in [2.45, 2.75) is 13.8 Å². The van der Waals surface area contributed by atoms with E-state index in [0.29, 0.717) is 11.5 Å². The van der Waals surface area contributed by atoms with Crippen molar-refractivity contribution in [3.63, 3.8) is 0 Å². The van der Waals surface area contributed by atoms with Crippen LogP contribution in [0.4, 0.5) is 0 Å². The van der Waals surface area contributed by atoms with Crippen LogP contribution in [0.25, 0.3) is 16.5 Å². The van der Waals surface area contributed by atoms with Gasteiger partial charge in [0, 0.05) is 0 Å². The molecular formula is C21H18N2O2. The number of aromatic nitrogens is 2. The number of para-hydroxylation sites is 2. The molecule has 124 valence electrons. The van der Waals surface area contributed by atoms with Crippen molar-refractivity contribution in [2.24, 2.45) is 0 Å². The van der Waals surface area contributed by atoms with Crippen molar-refractivity contribution < 1.29 is 9.84 Å². The molecule has 0 unspecified atom stereocenters.